The number of nitrogens with two attached hydrogens (primary N) is 1. The van der Waals surface area contributed by atoms with Gasteiger partial charge in [-0.25, -0.2) is 4.98 Å². The number of halogens is 1. The molecule has 0 bridgehead atoms. The van der Waals surface area contributed by atoms with E-state index in [1.54, 1.807) is 13.2 Å². The molecular weight excluding hydrogens is 202 g/mol. The van der Waals surface area contributed by atoms with Crippen molar-refractivity contribution >= 4 is 17.4 Å². The molecule has 3 N–H and O–H groups in total. The molecule has 4 nitrogen and oxygen atoms in total. The highest BCUT2D eigenvalue weighted by Gasteiger charge is 2.01. The summed E-state index contributed by atoms with van der Waals surface area (Å²) in [6, 6.07) is 3.60. The molecule has 0 fully saturated rings. The molecule has 0 spiro atoms. The molecule has 0 amide bonds. The van der Waals surface area contributed by atoms with Gasteiger partial charge in [0.1, 0.15) is 5.82 Å². The molecule has 14 heavy (non-hydrogen) atoms. The minimum Gasteiger partial charge on any atom is -0.383 e. The van der Waals surface area contributed by atoms with Crippen molar-refractivity contribution in [2.75, 3.05) is 25.6 Å². The molecule has 0 aromatic carbocycles. The summed E-state index contributed by atoms with van der Waals surface area (Å²) < 4.78 is 4.90. The van der Waals surface area contributed by atoms with Crippen LogP contribution < -0.4 is 11.1 Å². The van der Waals surface area contributed by atoms with Crippen LogP contribution in [0.3, 0.4) is 0 Å². The lowest BCUT2D eigenvalue weighted by Crippen LogP contribution is -2.10. The van der Waals surface area contributed by atoms with E-state index in [1.165, 1.54) is 0 Å². The van der Waals surface area contributed by atoms with Crippen molar-refractivity contribution in [2.24, 2.45) is 5.73 Å². The fourth-order valence-electron chi connectivity index (χ4n) is 1.01. The molecule has 0 atom stereocenters. The van der Waals surface area contributed by atoms with Gasteiger partial charge in [0.05, 0.1) is 17.3 Å². The number of ether oxygens (including phenoxy) is 1. The molecule has 78 valence electrons. The van der Waals surface area contributed by atoms with Crippen LogP contribution in [0.25, 0.3) is 0 Å². The number of methoxy groups -OCH3 is 1. The first-order chi connectivity index (χ1) is 6.77. The summed E-state index contributed by atoms with van der Waals surface area (Å²) in [5.41, 5.74) is 6.18. The van der Waals surface area contributed by atoms with Gasteiger partial charge in [0.2, 0.25) is 0 Å². The van der Waals surface area contributed by atoms with Gasteiger partial charge in [0, 0.05) is 20.2 Å². The zero-order valence-electron chi connectivity index (χ0n) is 8.09. The summed E-state index contributed by atoms with van der Waals surface area (Å²) in [5.74, 6) is 0.770. The van der Waals surface area contributed by atoms with Gasteiger partial charge in [-0.2, -0.15) is 0 Å². The molecule has 5 heteroatoms. The number of nitrogens with zero attached hydrogens (tertiary/aromatic N) is 1. The first-order valence-electron chi connectivity index (χ1n) is 4.36. The van der Waals surface area contributed by atoms with Crippen molar-refractivity contribution in [3.05, 3.63) is 22.8 Å². The van der Waals surface area contributed by atoms with Gasteiger partial charge in [-0.1, -0.05) is 11.6 Å². The Morgan fingerprint density at radius 3 is 3.00 bits per heavy atom. The van der Waals surface area contributed by atoms with E-state index in [0.29, 0.717) is 23.9 Å². The van der Waals surface area contributed by atoms with E-state index >= 15 is 0 Å². The van der Waals surface area contributed by atoms with Gasteiger partial charge >= 0.3 is 0 Å². The summed E-state index contributed by atoms with van der Waals surface area (Å²) in [5, 5.41) is 3.70. The number of rotatable bonds is 5. The zero-order valence-corrected chi connectivity index (χ0v) is 8.84. The zero-order chi connectivity index (χ0) is 10.4. The summed E-state index contributed by atoms with van der Waals surface area (Å²) in [4.78, 5) is 4.24. The second-order valence-electron chi connectivity index (χ2n) is 2.75. The van der Waals surface area contributed by atoms with Crippen LogP contribution in [0.2, 0.25) is 5.02 Å². The third kappa shape index (κ3) is 3.14. The predicted molar refractivity (Wildman–Crippen MR) is 57.5 cm³/mol. The Kier molecular flexibility index (Phi) is 4.65. The molecule has 1 aromatic rings. The first-order valence-corrected chi connectivity index (χ1v) is 4.74. The third-order valence-electron chi connectivity index (χ3n) is 1.72. The molecule has 0 aliphatic carbocycles. The second-order valence-corrected chi connectivity index (χ2v) is 3.16. The molecule has 0 aliphatic heterocycles. The van der Waals surface area contributed by atoms with Crippen LogP contribution in [0.4, 0.5) is 5.82 Å². The predicted octanol–water partition coefficient (Wildman–Crippen LogP) is 1.25. The van der Waals surface area contributed by atoms with Crippen LogP contribution in [0.15, 0.2) is 12.1 Å². The van der Waals surface area contributed by atoms with E-state index in [1.807, 2.05) is 6.07 Å². The summed E-state index contributed by atoms with van der Waals surface area (Å²) in [6.07, 6.45) is 0. The molecule has 1 heterocycles. The number of nitrogens with one attached hydrogen (secondary N) is 1. The van der Waals surface area contributed by atoms with Gasteiger partial charge in [0.15, 0.2) is 0 Å². The van der Waals surface area contributed by atoms with Crippen LogP contribution in [-0.4, -0.2) is 25.2 Å². The fraction of sp³-hybridized carbons (Fsp3) is 0.444. The largest absolute Gasteiger partial charge is 0.383 e. The van der Waals surface area contributed by atoms with Gasteiger partial charge in [-0.3, -0.25) is 0 Å². The van der Waals surface area contributed by atoms with E-state index in [2.05, 4.69) is 10.3 Å². The lowest BCUT2D eigenvalue weighted by Gasteiger charge is -2.07. The molecule has 0 saturated carbocycles. The number of aromatic nitrogens is 1. The van der Waals surface area contributed by atoms with Crippen LogP contribution in [0, 0.1) is 0 Å². The maximum atomic E-state index is 5.86. The molecule has 1 aromatic heterocycles. The lowest BCUT2D eigenvalue weighted by atomic mass is 10.3. The van der Waals surface area contributed by atoms with Crippen molar-refractivity contribution in [1.29, 1.82) is 0 Å². The first kappa shape index (κ1) is 11.2. The second kappa shape index (κ2) is 5.80. The van der Waals surface area contributed by atoms with Crippen LogP contribution in [0.1, 0.15) is 5.69 Å². The number of pyridine rings is 1. The van der Waals surface area contributed by atoms with Gasteiger partial charge in [-0.05, 0) is 12.1 Å². The SMILES string of the molecule is COCCNc1ccc(Cl)c(CN)n1. The van der Waals surface area contributed by atoms with Crippen molar-refractivity contribution in [3.8, 4) is 0 Å². The number of anilines is 1. The van der Waals surface area contributed by atoms with Crippen molar-refractivity contribution in [1.82, 2.24) is 4.98 Å². The van der Waals surface area contributed by atoms with Gasteiger partial charge in [-0.15, -0.1) is 0 Å². The Morgan fingerprint density at radius 2 is 2.36 bits per heavy atom. The maximum Gasteiger partial charge on any atom is 0.126 e. The van der Waals surface area contributed by atoms with E-state index in [9.17, 15) is 0 Å². The summed E-state index contributed by atoms with van der Waals surface area (Å²) in [7, 11) is 1.66. The number of hydrogen-bond donors (Lipinski definition) is 2. The smallest absolute Gasteiger partial charge is 0.126 e. The minimum atomic E-state index is 0.346. The standard InChI is InChI=1S/C9H14ClN3O/c1-14-5-4-12-9-3-2-7(10)8(6-11)13-9/h2-3H,4-6,11H2,1H3,(H,12,13). The van der Waals surface area contributed by atoms with Crippen molar-refractivity contribution in [3.63, 3.8) is 0 Å². The van der Waals surface area contributed by atoms with Crippen LogP contribution in [-0.2, 0) is 11.3 Å². The van der Waals surface area contributed by atoms with Gasteiger partial charge in [0.25, 0.3) is 0 Å². The normalized spacial score (nSPS) is 10.2. The Morgan fingerprint density at radius 1 is 1.57 bits per heavy atom. The van der Waals surface area contributed by atoms with E-state index in [0.717, 1.165) is 12.4 Å². The third-order valence-corrected chi connectivity index (χ3v) is 2.07. The highest BCUT2D eigenvalue weighted by atomic mass is 35.5. The molecule has 0 radical (unpaired) electrons. The lowest BCUT2D eigenvalue weighted by molar-refractivity contribution is 0.210. The van der Waals surface area contributed by atoms with Crippen LogP contribution >= 0.6 is 11.6 Å². The Labute approximate surface area is 88.4 Å². The highest BCUT2D eigenvalue weighted by molar-refractivity contribution is 6.31. The molecule has 1 rings (SSSR count). The monoisotopic (exact) mass is 215 g/mol. The Hall–Kier alpha value is -0.840. The van der Waals surface area contributed by atoms with E-state index < -0.39 is 0 Å². The van der Waals surface area contributed by atoms with Gasteiger partial charge < -0.3 is 15.8 Å². The fourth-order valence-corrected chi connectivity index (χ4v) is 1.19. The maximum absolute atomic E-state index is 5.86. The average molecular weight is 216 g/mol. The molecule has 0 aliphatic rings. The highest BCUT2D eigenvalue weighted by Crippen LogP contribution is 2.15. The molecular formula is C9H14ClN3O. The van der Waals surface area contributed by atoms with Crippen molar-refractivity contribution in [2.45, 2.75) is 6.54 Å². The minimum absolute atomic E-state index is 0.346. The summed E-state index contributed by atoms with van der Waals surface area (Å²) in [6.45, 7) is 1.70. The van der Waals surface area contributed by atoms with E-state index in [-0.39, 0.29) is 0 Å². The van der Waals surface area contributed by atoms with E-state index in [4.69, 9.17) is 22.1 Å². The molecule has 0 unspecified atom stereocenters. The quantitative estimate of drug-likeness (QED) is 0.726. The number of hydrogen-bond acceptors (Lipinski definition) is 4. The van der Waals surface area contributed by atoms with Crippen LogP contribution in [0.5, 0.6) is 0 Å². The topological polar surface area (TPSA) is 60.2 Å². The average Bonchev–Trinajstić information content (AvgIpc) is 2.21. The van der Waals surface area contributed by atoms with Crippen molar-refractivity contribution < 1.29 is 4.74 Å². The Bertz CT molecular complexity index is 293. The Balaban J connectivity index is 2.60. The molecule has 0 saturated heterocycles. The summed E-state index contributed by atoms with van der Waals surface area (Å²) >= 11 is 5.86.